The normalized spacial score (nSPS) is 16.6. The molecule has 0 saturated heterocycles. The second-order valence-electron chi connectivity index (χ2n) is 6.68. The third-order valence-corrected chi connectivity index (χ3v) is 5.69. The van der Waals surface area contributed by atoms with E-state index in [2.05, 4.69) is 29.6 Å². The van der Waals surface area contributed by atoms with E-state index < -0.39 is 0 Å². The molecule has 1 atom stereocenters. The highest BCUT2D eigenvalue weighted by molar-refractivity contribution is 8.00. The summed E-state index contributed by atoms with van der Waals surface area (Å²) >= 11 is 1.52. The van der Waals surface area contributed by atoms with Crippen LogP contribution in [0.1, 0.15) is 13.3 Å². The predicted octanol–water partition coefficient (Wildman–Crippen LogP) is 4.70. The molecule has 1 aliphatic heterocycles. The van der Waals surface area contributed by atoms with Crippen molar-refractivity contribution in [3.05, 3.63) is 66.7 Å². The van der Waals surface area contributed by atoms with Crippen LogP contribution in [0.5, 0.6) is 0 Å². The Morgan fingerprint density at radius 2 is 1.81 bits per heavy atom. The summed E-state index contributed by atoms with van der Waals surface area (Å²) < 4.78 is 0. The zero-order valence-electron chi connectivity index (χ0n) is 15.0. The second-order valence-corrected chi connectivity index (χ2v) is 7.73. The van der Waals surface area contributed by atoms with Crippen LogP contribution in [0.25, 0.3) is 10.8 Å². The molecule has 27 heavy (non-hydrogen) atoms. The van der Waals surface area contributed by atoms with Crippen LogP contribution in [0.2, 0.25) is 0 Å². The molecule has 0 radical (unpaired) electrons. The maximum atomic E-state index is 13.0. The van der Waals surface area contributed by atoms with Gasteiger partial charge in [0.25, 0.3) is 0 Å². The Morgan fingerprint density at radius 1 is 1.07 bits per heavy atom. The van der Waals surface area contributed by atoms with Crippen LogP contribution in [0.15, 0.2) is 71.6 Å². The quantitative estimate of drug-likeness (QED) is 0.674. The van der Waals surface area contributed by atoms with Crippen molar-refractivity contribution < 1.29 is 9.59 Å². The van der Waals surface area contributed by atoms with E-state index in [4.69, 9.17) is 0 Å². The van der Waals surface area contributed by atoms with Gasteiger partial charge in [0.2, 0.25) is 11.8 Å². The van der Waals surface area contributed by atoms with Crippen LogP contribution in [0.3, 0.4) is 0 Å². The summed E-state index contributed by atoms with van der Waals surface area (Å²) in [6.45, 7) is 1.92. The summed E-state index contributed by atoms with van der Waals surface area (Å²) in [6.07, 6.45) is 0.293. The standard InChI is InChI=1S/C22H20N2O2S/c1-15-12-21(25)23-19-8-4-5-9-20(19)24(15)22(26)14-27-18-11-10-16-6-2-3-7-17(16)13-18/h2-11,13,15H,12,14H2,1H3,(H,23,25)/t15-/m0/s1. The van der Waals surface area contributed by atoms with Crippen LogP contribution >= 0.6 is 11.8 Å². The number of hydrogen-bond acceptors (Lipinski definition) is 3. The topological polar surface area (TPSA) is 49.4 Å². The number of carbonyl (C=O) groups is 2. The second kappa shape index (κ2) is 7.45. The molecule has 0 saturated carbocycles. The van der Waals surface area contributed by atoms with Gasteiger partial charge in [-0.3, -0.25) is 9.59 Å². The van der Waals surface area contributed by atoms with Crippen LogP contribution in [0, 0.1) is 0 Å². The smallest absolute Gasteiger partial charge is 0.237 e. The van der Waals surface area contributed by atoms with Crippen LogP contribution < -0.4 is 10.2 Å². The molecule has 1 N–H and O–H groups in total. The van der Waals surface area contributed by atoms with Gasteiger partial charge in [0.15, 0.2) is 0 Å². The molecule has 1 heterocycles. The van der Waals surface area contributed by atoms with E-state index in [1.165, 1.54) is 22.5 Å². The van der Waals surface area contributed by atoms with Crippen LogP contribution in [-0.4, -0.2) is 23.6 Å². The van der Waals surface area contributed by atoms with Gasteiger partial charge < -0.3 is 10.2 Å². The van der Waals surface area contributed by atoms with Crippen LogP contribution in [0.4, 0.5) is 11.4 Å². The fraction of sp³-hybridized carbons (Fsp3) is 0.182. The number of thioether (sulfide) groups is 1. The number of carbonyl (C=O) groups excluding carboxylic acids is 2. The Kier molecular flexibility index (Phi) is 4.86. The molecule has 2 amide bonds. The van der Waals surface area contributed by atoms with Gasteiger partial charge in [-0.2, -0.15) is 0 Å². The Labute approximate surface area is 162 Å². The highest BCUT2D eigenvalue weighted by Gasteiger charge is 2.29. The zero-order valence-corrected chi connectivity index (χ0v) is 15.8. The van der Waals surface area contributed by atoms with E-state index in [1.807, 2.05) is 49.4 Å². The zero-order chi connectivity index (χ0) is 18.8. The summed E-state index contributed by atoms with van der Waals surface area (Å²) in [6, 6.07) is 21.7. The molecular formula is C22H20N2O2S. The summed E-state index contributed by atoms with van der Waals surface area (Å²) in [5.41, 5.74) is 1.45. The van der Waals surface area contributed by atoms with Gasteiger partial charge in [-0.25, -0.2) is 0 Å². The number of rotatable bonds is 3. The van der Waals surface area contributed by atoms with E-state index in [0.29, 0.717) is 17.9 Å². The number of amides is 2. The molecule has 4 nitrogen and oxygen atoms in total. The number of para-hydroxylation sites is 2. The van der Waals surface area contributed by atoms with E-state index >= 15 is 0 Å². The van der Waals surface area contributed by atoms with Crippen molar-refractivity contribution in [1.82, 2.24) is 0 Å². The third-order valence-electron chi connectivity index (χ3n) is 4.71. The SMILES string of the molecule is C[C@H]1CC(=O)Nc2ccccc2N1C(=O)CSc1ccc2ccccc2c1. The first-order valence-electron chi connectivity index (χ1n) is 8.94. The number of nitrogens with one attached hydrogen (secondary N) is 1. The van der Waals surface area contributed by atoms with Gasteiger partial charge in [0, 0.05) is 17.4 Å². The molecule has 0 spiro atoms. The lowest BCUT2D eigenvalue weighted by Gasteiger charge is -2.27. The van der Waals surface area contributed by atoms with Crippen molar-refractivity contribution in [3.63, 3.8) is 0 Å². The molecule has 0 bridgehead atoms. The monoisotopic (exact) mass is 376 g/mol. The number of benzene rings is 3. The van der Waals surface area contributed by atoms with E-state index in [-0.39, 0.29) is 17.9 Å². The van der Waals surface area contributed by atoms with Crippen molar-refractivity contribution >= 4 is 45.7 Å². The molecule has 0 aromatic heterocycles. The van der Waals surface area contributed by atoms with Gasteiger partial charge in [0.05, 0.1) is 17.1 Å². The maximum absolute atomic E-state index is 13.0. The van der Waals surface area contributed by atoms with Crippen molar-refractivity contribution in [2.45, 2.75) is 24.3 Å². The Hall–Kier alpha value is -2.79. The minimum Gasteiger partial charge on any atom is -0.324 e. The Morgan fingerprint density at radius 3 is 2.67 bits per heavy atom. The first kappa shape index (κ1) is 17.6. The first-order valence-corrected chi connectivity index (χ1v) is 9.93. The fourth-order valence-electron chi connectivity index (χ4n) is 3.44. The van der Waals surface area contributed by atoms with Crippen molar-refractivity contribution in [3.8, 4) is 0 Å². The average molecular weight is 376 g/mol. The Balaban J connectivity index is 1.55. The molecule has 3 aromatic carbocycles. The summed E-state index contributed by atoms with van der Waals surface area (Å²) in [5.74, 6) is 0.266. The van der Waals surface area contributed by atoms with E-state index in [0.717, 1.165) is 10.6 Å². The summed E-state index contributed by atoms with van der Waals surface area (Å²) in [7, 11) is 0. The number of fused-ring (bicyclic) bond motifs is 2. The minimum atomic E-state index is -0.182. The molecule has 1 aliphatic rings. The molecule has 136 valence electrons. The number of anilines is 2. The summed E-state index contributed by atoms with van der Waals surface area (Å²) in [5, 5.41) is 5.24. The van der Waals surface area contributed by atoms with Crippen molar-refractivity contribution in [2.24, 2.45) is 0 Å². The molecule has 0 aliphatic carbocycles. The van der Waals surface area contributed by atoms with Gasteiger partial charge in [-0.15, -0.1) is 11.8 Å². The molecule has 0 fully saturated rings. The molecule has 3 aromatic rings. The van der Waals surface area contributed by atoms with Crippen molar-refractivity contribution in [2.75, 3.05) is 16.0 Å². The third kappa shape index (κ3) is 3.69. The van der Waals surface area contributed by atoms with Crippen LogP contribution in [-0.2, 0) is 9.59 Å². The van der Waals surface area contributed by atoms with Crippen molar-refractivity contribution in [1.29, 1.82) is 0 Å². The fourth-order valence-corrected chi connectivity index (χ4v) is 4.24. The molecule has 4 rings (SSSR count). The maximum Gasteiger partial charge on any atom is 0.237 e. The molecular weight excluding hydrogens is 356 g/mol. The van der Waals surface area contributed by atoms with Gasteiger partial charge >= 0.3 is 0 Å². The van der Waals surface area contributed by atoms with E-state index in [9.17, 15) is 9.59 Å². The summed E-state index contributed by atoms with van der Waals surface area (Å²) in [4.78, 5) is 27.9. The largest absolute Gasteiger partial charge is 0.324 e. The first-order chi connectivity index (χ1) is 13.1. The van der Waals surface area contributed by atoms with Gasteiger partial charge in [0.1, 0.15) is 0 Å². The lowest BCUT2D eigenvalue weighted by molar-refractivity contribution is -0.117. The van der Waals surface area contributed by atoms with Gasteiger partial charge in [-0.05, 0) is 42.0 Å². The Bertz CT molecular complexity index is 1020. The average Bonchev–Trinajstić information content (AvgIpc) is 2.80. The lowest BCUT2D eigenvalue weighted by atomic mass is 10.1. The number of nitrogens with zero attached hydrogens (tertiary/aromatic N) is 1. The molecule has 5 heteroatoms. The highest BCUT2D eigenvalue weighted by atomic mass is 32.2. The number of hydrogen-bond donors (Lipinski definition) is 1. The minimum absolute atomic E-state index is 0.00427. The lowest BCUT2D eigenvalue weighted by Crippen LogP contribution is -2.40. The predicted molar refractivity (Wildman–Crippen MR) is 111 cm³/mol. The molecule has 0 unspecified atom stereocenters. The van der Waals surface area contributed by atoms with E-state index in [1.54, 1.807) is 4.90 Å². The highest BCUT2D eigenvalue weighted by Crippen LogP contribution is 2.32. The van der Waals surface area contributed by atoms with Gasteiger partial charge in [-0.1, -0.05) is 42.5 Å².